The molecule has 5 rings (SSSR count). The van der Waals surface area contributed by atoms with E-state index in [2.05, 4.69) is 85.9 Å². The van der Waals surface area contributed by atoms with E-state index in [-0.39, 0.29) is 54.9 Å². The summed E-state index contributed by atoms with van der Waals surface area (Å²) >= 11 is 0. The van der Waals surface area contributed by atoms with E-state index in [9.17, 15) is 10.1 Å². The van der Waals surface area contributed by atoms with E-state index in [0.717, 1.165) is 41.9 Å². The summed E-state index contributed by atoms with van der Waals surface area (Å²) in [7, 11) is 1.76. The van der Waals surface area contributed by atoms with Gasteiger partial charge in [0.2, 0.25) is 0 Å². The quantitative estimate of drug-likeness (QED) is 0.0903. The summed E-state index contributed by atoms with van der Waals surface area (Å²) in [5, 5.41) is 9.31. The molecule has 1 aromatic carbocycles. The lowest BCUT2D eigenvalue weighted by Gasteiger charge is -2.44. The monoisotopic (exact) mass is 747 g/mol. The van der Waals surface area contributed by atoms with E-state index in [4.69, 9.17) is 33.7 Å². The number of allylic oxidation sites excluding steroid dienone is 6. The van der Waals surface area contributed by atoms with Gasteiger partial charge in [0.05, 0.1) is 58.1 Å². The molecule has 2 aliphatic carbocycles. The summed E-state index contributed by atoms with van der Waals surface area (Å²) in [4.78, 5) is 16.6. The molecule has 1 aromatic heterocycles. The molecule has 1 fully saturated rings. The first-order chi connectivity index (χ1) is 25.5. The van der Waals surface area contributed by atoms with E-state index in [1.807, 2.05) is 18.2 Å². The Labute approximate surface area is 315 Å². The molecule has 0 spiro atoms. The molecule has 53 heavy (non-hydrogen) atoms. The van der Waals surface area contributed by atoms with E-state index in [0.29, 0.717) is 6.42 Å². The third-order valence-electron chi connectivity index (χ3n) is 9.89. The number of imidazole rings is 1. The molecule has 1 aliphatic heterocycles. The molecule has 6 atom stereocenters. The standard InChI is InChI=1S/C40H54N5O7P/c1-27(2)45(28(3)4)53(50-23-11-22-41)52-35-24-37(44-26-43-38(29(5)46)39(44)42)51-36(35)25-49-40(30-12-9-8-10-13-30,31-14-18-33(47-6)19-15-31)32-16-20-34(48-7)21-17-32/h8-10,12,14-16,18-20,26-28,30,35-37H,11,13,17,21,23-25,42H2,1-7H3/t30?,35?,36-,37-,40?,53?/m1/s1. The van der Waals surface area contributed by atoms with Crippen molar-refractivity contribution >= 4 is 20.1 Å². The largest absolute Gasteiger partial charge is 0.501 e. The summed E-state index contributed by atoms with van der Waals surface area (Å²) in [6, 6.07) is 10.5. The van der Waals surface area contributed by atoms with Gasteiger partial charge < -0.3 is 33.7 Å². The Morgan fingerprint density at radius 2 is 1.89 bits per heavy atom. The van der Waals surface area contributed by atoms with Crippen LogP contribution in [0.2, 0.25) is 0 Å². The van der Waals surface area contributed by atoms with Crippen LogP contribution in [0.1, 0.15) is 89.0 Å². The van der Waals surface area contributed by atoms with E-state index >= 15 is 0 Å². The molecule has 0 bridgehead atoms. The number of nitrogens with two attached hydrogens (primary N) is 1. The summed E-state index contributed by atoms with van der Waals surface area (Å²) in [5.74, 6) is 1.65. The van der Waals surface area contributed by atoms with Gasteiger partial charge in [0.15, 0.2) is 5.78 Å². The molecule has 2 aromatic rings. The average molecular weight is 748 g/mol. The molecule has 3 aliphatic rings. The highest BCUT2D eigenvalue weighted by molar-refractivity contribution is 7.44. The fourth-order valence-electron chi connectivity index (χ4n) is 7.37. The van der Waals surface area contributed by atoms with Crippen LogP contribution in [0.25, 0.3) is 0 Å². The molecule has 286 valence electrons. The first-order valence-electron chi connectivity index (χ1n) is 18.3. The van der Waals surface area contributed by atoms with Crippen molar-refractivity contribution in [3.05, 3.63) is 89.6 Å². The van der Waals surface area contributed by atoms with Crippen molar-refractivity contribution in [1.29, 1.82) is 5.26 Å². The maximum absolute atomic E-state index is 12.3. The molecule has 2 heterocycles. The molecule has 12 nitrogen and oxygen atoms in total. The van der Waals surface area contributed by atoms with Gasteiger partial charge in [-0.25, -0.2) is 9.65 Å². The minimum atomic E-state index is -1.60. The summed E-state index contributed by atoms with van der Waals surface area (Å²) in [5.41, 5.74) is 7.91. The second-order valence-electron chi connectivity index (χ2n) is 14.0. The van der Waals surface area contributed by atoms with Crippen molar-refractivity contribution < 1.29 is 32.8 Å². The second kappa shape index (κ2) is 18.5. The predicted octanol–water partition coefficient (Wildman–Crippen LogP) is 7.92. The smallest absolute Gasteiger partial charge is 0.259 e. The van der Waals surface area contributed by atoms with Gasteiger partial charge in [-0.15, -0.1) is 0 Å². The highest BCUT2D eigenvalue weighted by atomic mass is 31.2. The lowest BCUT2D eigenvalue weighted by atomic mass is 9.70. The number of anilines is 1. The Bertz CT molecular complexity index is 1700. The van der Waals surface area contributed by atoms with Crippen molar-refractivity contribution in [1.82, 2.24) is 14.2 Å². The lowest BCUT2D eigenvalue weighted by Crippen LogP contribution is -2.43. The molecule has 0 saturated carbocycles. The van der Waals surface area contributed by atoms with Crippen molar-refractivity contribution in [3.8, 4) is 11.8 Å². The van der Waals surface area contributed by atoms with E-state index < -0.39 is 32.6 Å². The summed E-state index contributed by atoms with van der Waals surface area (Å²) < 4.78 is 42.5. The van der Waals surface area contributed by atoms with Crippen molar-refractivity contribution in [2.24, 2.45) is 5.92 Å². The third kappa shape index (κ3) is 9.11. The van der Waals surface area contributed by atoms with Gasteiger partial charge >= 0.3 is 0 Å². The van der Waals surface area contributed by atoms with Gasteiger partial charge in [-0.05, 0) is 69.9 Å². The number of Topliss-reactive ketones (excluding diaryl/α,β-unsaturated/α-hetero) is 1. The van der Waals surface area contributed by atoms with Crippen LogP contribution in [-0.4, -0.2) is 71.7 Å². The van der Waals surface area contributed by atoms with Crippen LogP contribution in [0, 0.1) is 17.2 Å². The molecule has 4 unspecified atom stereocenters. The SMILES string of the molecule is COC1=CC=C(C(OC[C@H]2O[C@@H](n3cnc(C(C)=O)c3N)CC2OP(OCCC#N)N(C(C)C)C(C)C)(c2ccc(OC)cc2)C2C=CC=CC2)CC1. The Kier molecular flexibility index (Phi) is 14.1. The summed E-state index contributed by atoms with van der Waals surface area (Å²) in [6.07, 6.45) is 15.5. The van der Waals surface area contributed by atoms with Crippen LogP contribution in [0.4, 0.5) is 5.82 Å². The number of carbonyl (C=O) groups is 1. The third-order valence-corrected chi connectivity index (χ3v) is 12.0. The van der Waals surface area contributed by atoms with Gasteiger partial charge in [-0.2, -0.15) is 5.26 Å². The number of nitrogens with zero attached hydrogens (tertiary/aromatic N) is 4. The number of ketones is 1. The first kappa shape index (κ1) is 40.4. The van der Waals surface area contributed by atoms with Gasteiger partial charge in [-0.1, -0.05) is 42.5 Å². The van der Waals surface area contributed by atoms with E-state index in [1.54, 1.807) is 25.1 Å². The Hall–Kier alpha value is -3.82. The molecule has 0 radical (unpaired) electrons. The van der Waals surface area contributed by atoms with Crippen LogP contribution in [0.15, 0.2) is 78.4 Å². The average Bonchev–Trinajstić information content (AvgIpc) is 3.75. The fourth-order valence-corrected chi connectivity index (χ4v) is 9.12. The lowest BCUT2D eigenvalue weighted by molar-refractivity contribution is -0.119. The number of hydrogen-bond donors (Lipinski definition) is 1. The number of aromatic nitrogens is 2. The van der Waals surface area contributed by atoms with Crippen LogP contribution in [0.5, 0.6) is 5.75 Å². The Morgan fingerprint density at radius 1 is 1.13 bits per heavy atom. The number of nitrogen functional groups attached to an aromatic ring is 1. The number of methoxy groups -OCH3 is 2. The van der Waals surface area contributed by atoms with Gasteiger partial charge in [0.25, 0.3) is 8.53 Å². The summed E-state index contributed by atoms with van der Waals surface area (Å²) in [6.45, 7) is 10.3. The maximum Gasteiger partial charge on any atom is 0.259 e. The predicted molar refractivity (Wildman–Crippen MR) is 205 cm³/mol. The van der Waals surface area contributed by atoms with Gasteiger partial charge in [0, 0.05) is 37.8 Å². The number of nitriles is 1. The fraction of sp³-hybridized carbons (Fsp3) is 0.525. The Balaban J connectivity index is 1.57. The molecule has 2 N–H and O–H groups in total. The van der Waals surface area contributed by atoms with Crippen LogP contribution in [-0.2, 0) is 28.9 Å². The minimum Gasteiger partial charge on any atom is -0.501 e. The number of rotatable bonds is 18. The molecular weight excluding hydrogens is 693 g/mol. The number of benzene rings is 1. The van der Waals surface area contributed by atoms with E-state index in [1.165, 1.54) is 6.92 Å². The number of hydrogen-bond acceptors (Lipinski definition) is 11. The Morgan fingerprint density at radius 3 is 2.45 bits per heavy atom. The van der Waals surface area contributed by atoms with Crippen molar-refractivity contribution in [3.63, 3.8) is 0 Å². The zero-order valence-electron chi connectivity index (χ0n) is 31.9. The normalized spacial score (nSPS) is 23.1. The minimum absolute atomic E-state index is 0.0348. The number of carbonyl (C=O) groups excluding carboxylic acids is 1. The molecule has 0 amide bonds. The zero-order valence-corrected chi connectivity index (χ0v) is 32.8. The van der Waals surface area contributed by atoms with Gasteiger partial charge in [0.1, 0.15) is 35.2 Å². The zero-order chi connectivity index (χ0) is 38.1. The highest BCUT2D eigenvalue weighted by Crippen LogP contribution is 2.52. The van der Waals surface area contributed by atoms with Crippen LogP contribution < -0.4 is 10.5 Å². The van der Waals surface area contributed by atoms with Gasteiger partial charge in [-0.3, -0.25) is 9.36 Å². The van der Waals surface area contributed by atoms with Crippen LogP contribution in [0.3, 0.4) is 0 Å². The molecule has 13 heteroatoms. The first-order valence-corrected chi connectivity index (χ1v) is 19.5. The van der Waals surface area contributed by atoms with Crippen molar-refractivity contribution in [2.45, 2.75) is 103 Å². The highest BCUT2D eigenvalue weighted by Gasteiger charge is 2.48. The molecular formula is C40H54N5O7P. The number of ether oxygens (including phenoxy) is 4. The van der Waals surface area contributed by atoms with Crippen LogP contribution >= 0.6 is 8.53 Å². The molecule has 1 saturated heterocycles. The second-order valence-corrected chi connectivity index (χ2v) is 15.4. The maximum atomic E-state index is 12.3. The van der Waals surface area contributed by atoms with Crippen molar-refractivity contribution in [2.75, 3.05) is 33.2 Å². The topological polar surface area (TPSA) is 143 Å².